The molecule has 1 fully saturated rings. The number of nitrogens with one attached hydrogen (secondary N) is 2. The van der Waals surface area contributed by atoms with Crippen LogP contribution in [0.4, 0.5) is 9.18 Å². The first-order chi connectivity index (χ1) is 14.0. The van der Waals surface area contributed by atoms with Crippen LogP contribution in [0.3, 0.4) is 0 Å². The van der Waals surface area contributed by atoms with Crippen molar-refractivity contribution in [1.29, 1.82) is 0 Å². The molecule has 3 rings (SSSR count). The molecule has 0 atom stereocenters. The van der Waals surface area contributed by atoms with Crippen LogP contribution in [0.5, 0.6) is 5.75 Å². The van der Waals surface area contributed by atoms with Crippen molar-refractivity contribution in [3.63, 3.8) is 0 Å². The van der Waals surface area contributed by atoms with Crippen molar-refractivity contribution in [1.82, 2.24) is 10.6 Å². The zero-order valence-corrected chi connectivity index (χ0v) is 15.9. The molecule has 0 radical (unpaired) electrons. The monoisotopic (exact) mass is 398 g/mol. The van der Waals surface area contributed by atoms with Gasteiger partial charge in [0, 0.05) is 17.2 Å². The normalized spacial score (nSPS) is 14.1. The van der Waals surface area contributed by atoms with Crippen molar-refractivity contribution in [2.45, 2.75) is 38.1 Å². The minimum Gasteiger partial charge on any atom is -0.484 e. The Labute approximate surface area is 168 Å². The number of benzene rings is 2. The first-order valence-electron chi connectivity index (χ1n) is 9.65. The van der Waals surface area contributed by atoms with Gasteiger partial charge in [0.25, 0.3) is 5.91 Å². The molecule has 0 spiro atoms. The molecule has 1 saturated carbocycles. The molecule has 152 valence electrons. The predicted molar refractivity (Wildman–Crippen MR) is 105 cm³/mol. The molecule has 7 heteroatoms. The van der Waals surface area contributed by atoms with Crippen molar-refractivity contribution in [3.8, 4) is 5.75 Å². The topological polar surface area (TPSA) is 84.5 Å². The van der Waals surface area contributed by atoms with E-state index in [1.165, 1.54) is 30.7 Å². The summed E-state index contributed by atoms with van der Waals surface area (Å²) in [5.41, 5.74) is 0.795. The number of carbonyl (C=O) groups is 3. The van der Waals surface area contributed by atoms with E-state index >= 15 is 0 Å². The third-order valence-electron chi connectivity index (χ3n) is 4.79. The van der Waals surface area contributed by atoms with Gasteiger partial charge in [-0.2, -0.15) is 0 Å². The van der Waals surface area contributed by atoms with E-state index in [-0.39, 0.29) is 18.4 Å². The van der Waals surface area contributed by atoms with Crippen molar-refractivity contribution in [2.75, 3.05) is 6.61 Å². The number of halogens is 1. The maximum atomic E-state index is 13.0. The van der Waals surface area contributed by atoms with E-state index < -0.39 is 17.8 Å². The largest absolute Gasteiger partial charge is 0.484 e. The minimum absolute atomic E-state index is 0.114. The lowest BCUT2D eigenvalue weighted by molar-refractivity contribution is -0.122. The average Bonchev–Trinajstić information content (AvgIpc) is 2.73. The Morgan fingerprint density at radius 2 is 1.48 bits per heavy atom. The molecule has 2 aromatic carbocycles. The molecular formula is C22H23FN2O4. The number of ether oxygens (including phenoxy) is 1. The van der Waals surface area contributed by atoms with E-state index in [9.17, 15) is 18.8 Å². The van der Waals surface area contributed by atoms with Crippen LogP contribution in [0.1, 0.15) is 48.0 Å². The Hall–Kier alpha value is -3.22. The molecule has 6 nitrogen and oxygen atoms in total. The lowest BCUT2D eigenvalue weighted by Gasteiger charge is -2.22. The second kappa shape index (κ2) is 9.82. The molecule has 0 unspecified atom stereocenters. The van der Waals surface area contributed by atoms with E-state index in [2.05, 4.69) is 10.6 Å². The molecular weight excluding hydrogens is 375 g/mol. The van der Waals surface area contributed by atoms with E-state index in [1.54, 1.807) is 24.3 Å². The van der Waals surface area contributed by atoms with Gasteiger partial charge in [-0.3, -0.25) is 14.9 Å². The number of hydrogen-bond acceptors (Lipinski definition) is 4. The quantitative estimate of drug-likeness (QED) is 0.729. The van der Waals surface area contributed by atoms with Crippen molar-refractivity contribution >= 4 is 17.7 Å². The van der Waals surface area contributed by atoms with Crippen LogP contribution in [0.2, 0.25) is 0 Å². The maximum Gasteiger partial charge on any atom is 0.321 e. The number of amides is 3. The van der Waals surface area contributed by atoms with Crippen LogP contribution >= 0.6 is 0 Å². The third-order valence-corrected chi connectivity index (χ3v) is 4.79. The molecule has 0 saturated heterocycles. The number of ketones is 1. The highest BCUT2D eigenvalue weighted by Crippen LogP contribution is 2.17. The van der Waals surface area contributed by atoms with Crippen LogP contribution < -0.4 is 15.4 Å². The Bertz CT molecular complexity index is 859. The van der Waals surface area contributed by atoms with Gasteiger partial charge in [0.2, 0.25) is 0 Å². The van der Waals surface area contributed by atoms with Crippen molar-refractivity contribution < 1.29 is 23.5 Å². The average molecular weight is 398 g/mol. The van der Waals surface area contributed by atoms with Crippen LogP contribution in [0.25, 0.3) is 0 Å². The van der Waals surface area contributed by atoms with Gasteiger partial charge in [-0.25, -0.2) is 9.18 Å². The number of rotatable bonds is 6. The maximum absolute atomic E-state index is 13.0. The summed E-state index contributed by atoms with van der Waals surface area (Å²) in [7, 11) is 0. The molecule has 0 heterocycles. The zero-order valence-electron chi connectivity index (χ0n) is 15.9. The molecule has 0 bridgehead atoms. The Kier molecular flexibility index (Phi) is 6.94. The fraction of sp³-hybridized carbons (Fsp3) is 0.318. The number of urea groups is 1. The molecule has 29 heavy (non-hydrogen) atoms. The summed E-state index contributed by atoms with van der Waals surface area (Å²) in [5.74, 6) is -0.807. The van der Waals surface area contributed by atoms with Crippen LogP contribution in [0.15, 0.2) is 48.5 Å². The molecule has 2 aromatic rings. The zero-order chi connectivity index (χ0) is 20.6. The van der Waals surface area contributed by atoms with Gasteiger partial charge in [-0.15, -0.1) is 0 Å². The van der Waals surface area contributed by atoms with E-state index in [0.717, 1.165) is 25.7 Å². The van der Waals surface area contributed by atoms with Crippen LogP contribution in [-0.2, 0) is 4.79 Å². The van der Waals surface area contributed by atoms with Crippen molar-refractivity contribution in [2.24, 2.45) is 0 Å². The minimum atomic E-state index is -0.551. The highest BCUT2D eigenvalue weighted by molar-refractivity contribution is 6.09. The Morgan fingerprint density at radius 1 is 0.897 bits per heavy atom. The van der Waals surface area contributed by atoms with Gasteiger partial charge >= 0.3 is 6.03 Å². The van der Waals surface area contributed by atoms with Gasteiger partial charge in [0.15, 0.2) is 12.4 Å². The van der Waals surface area contributed by atoms with Gasteiger partial charge in [0.1, 0.15) is 11.6 Å². The summed E-state index contributed by atoms with van der Waals surface area (Å²) in [6.07, 6.45) is 5.21. The molecule has 0 aliphatic heterocycles. The van der Waals surface area contributed by atoms with E-state index in [0.29, 0.717) is 16.9 Å². The molecule has 1 aliphatic carbocycles. The first kappa shape index (κ1) is 20.5. The summed E-state index contributed by atoms with van der Waals surface area (Å²) in [6.45, 7) is -0.316. The molecule has 2 N–H and O–H groups in total. The van der Waals surface area contributed by atoms with Crippen LogP contribution in [-0.4, -0.2) is 30.4 Å². The molecule has 3 amide bonds. The predicted octanol–water partition coefficient (Wildman–Crippen LogP) is 3.59. The summed E-state index contributed by atoms with van der Waals surface area (Å²) >= 11 is 0. The molecule has 0 aromatic heterocycles. The van der Waals surface area contributed by atoms with Gasteiger partial charge in [0.05, 0.1) is 0 Å². The Morgan fingerprint density at radius 3 is 2.10 bits per heavy atom. The lowest BCUT2D eigenvalue weighted by Crippen LogP contribution is -2.46. The summed E-state index contributed by atoms with van der Waals surface area (Å²) in [4.78, 5) is 36.1. The molecule has 1 aliphatic rings. The highest BCUT2D eigenvalue weighted by atomic mass is 19.1. The fourth-order valence-electron chi connectivity index (χ4n) is 3.25. The number of hydrogen-bond donors (Lipinski definition) is 2. The fourth-order valence-corrected chi connectivity index (χ4v) is 3.25. The highest BCUT2D eigenvalue weighted by Gasteiger charge is 2.17. The third kappa shape index (κ3) is 6.14. The SMILES string of the molecule is O=C(COc1ccc(C(=O)c2ccc(F)cc2)cc1)NC(=O)NC1CCCCC1. The van der Waals surface area contributed by atoms with Gasteiger partial charge in [-0.05, 0) is 61.4 Å². The smallest absolute Gasteiger partial charge is 0.321 e. The summed E-state index contributed by atoms with van der Waals surface area (Å²) < 4.78 is 18.3. The summed E-state index contributed by atoms with van der Waals surface area (Å²) in [6, 6.07) is 11.2. The van der Waals surface area contributed by atoms with Crippen molar-refractivity contribution in [3.05, 3.63) is 65.5 Å². The van der Waals surface area contributed by atoms with Crippen LogP contribution in [0, 0.1) is 5.82 Å². The number of imide groups is 1. The second-order valence-electron chi connectivity index (χ2n) is 7.01. The first-order valence-corrected chi connectivity index (χ1v) is 9.65. The van der Waals surface area contributed by atoms with E-state index in [1.807, 2.05) is 0 Å². The summed E-state index contributed by atoms with van der Waals surface area (Å²) in [5, 5.41) is 5.05. The Balaban J connectivity index is 1.45. The van der Waals surface area contributed by atoms with E-state index in [4.69, 9.17) is 4.74 Å². The lowest BCUT2D eigenvalue weighted by atomic mass is 9.96. The number of carbonyl (C=O) groups excluding carboxylic acids is 3. The van der Waals surface area contributed by atoms with Gasteiger partial charge < -0.3 is 10.1 Å². The standard InChI is InChI=1S/C22H23FN2O4/c23-17-10-6-15(7-11-17)21(27)16-8-12-19(13-9-16)29-14-20(26)25-22(28)24-18-4-2-1-3-5-18/h6-13,18H,1-5,14H2,(H2,24,25,26,28). The second-order valence-corrected chi connectivity index (χ2v) is 7.01. The van der Waals surface area contributed by atoms with Gasteiger partial charge in [-0.1, -0.05) is 19.3 Å².